The Labute approximate surface area is 118 Å². The van der Waals surface area contributed by atoms with Crippen LogP contribution in [0.25, 0.3) is 0 Å². The largest absolute Gasteiger partial charge is 0.399 e. The lowest BCUT2D eigenvalue weighted by molar-refractivity contribution is 0.263. The number of rotatable bonds is 4. The van der Waals surface area contributed by atoms with Gasteiger partial charge < -0.3 is 5.73 Å². The second-order valence-corrected chi connectivity index (χ2v) is 7.64. The number of nitrogens with one attached hydrogen (secondary N) is 1. The summed E-state index contributed by atoms with van der Waals surface area (Å²) < 4.78 is 53.5. The van der Waals surface area contributed by atoms with Crippen molar-refractivity contribution in [2.45, 2.75) is 32.6 Å². The Morgan fingerprint density at radius 3 is 2.10 bits per heavy atom. The molecule has 0 saturated heterocycles. The number of sulfonamides is 1. The SMILES string of the molecule is CC(CNS(=O)(=O)c1c(F)cc(N)cc1F)C(C)(C)C. The van der Waals surface area contributed by atoms with Gasteiger partial charge in [-0.2, -0.15) is 0 Å². The topological polar surface area (TPSA) is 72.2 Å². The Bertz CT molecular complexity index is 572. The smallest absolute Gasteiger partial charge is 0.246 e. The second kappa shape index (κ2) is 5.65. The van der Waals surface area contributed by atoms with Crippen molar-refractivity contribution in [1.82, 2.24) is 4.72 Å². The zero-order valence-corrected chi connectivity index (χ0v) is 12.8. The highest BCUT2D eigenvalue weighted by Crippen LogP contribution is 2.26. The highest BCUT2D eigenvalue weighted by molar-refractivity contribution is 7.89. The van der Waals surface area contributed by atoms with E-state index in [2.05, 4.69) is 4.72 Å². The van der Waals surface area contributed by atoms with Gasteiger partial charge in [0.25, 0.3) is 0 Å². The number of nitrogen functional groups attached to an aromatic ring is 1. The van der Waals surface area contributed by atoms with Crippen molar-refractivity contribution in [2.75, 3.05) is 12.3 Å². The van der Waals surface area contributed by atoms with E-state index in [0.29, 0.717) is 0 Å². The average Bonchev–Trinajstić information content (AvgIpc) is 2.22. The predicted octanol–water partition coefficient (Wildman–Crippen LogP) is 2.51. The first-order chi connectivity index (χ1) is 8.95. The number of halogens is 2. The van der Waals surface area contributed by atoms with Gasteiger partial charge in [0.15, 0.2) is 4.90 Å². The summed E-state index contributed by atoms with van der Waals surface area (Å²) in [5, 5.41) is 0. The van der Waals surface area contributed by atoms with Crippen molar-refractivity contribution < 1.29 is 17.2 Å². The molecule has 20 heavy (non-hydrogen) atoms. The first kappa shape index (κ1) is 16.8. The molecule has 0 bridgehead atoms. The monoisotopic (exact) mass is 306 g/mol. The number of anilines is 1. The predicted molar refractivity (Wildman–Crippen MR) is 74.6 cm³/mol. The van der Waals surface area contributed by atoms with E-state index in [1.54, 1.807) is 0 Å². The second-order valence-electron chi connectivity index (χ2n) is 5.93. The number of hydrogen-bond donors (Lipinski definition) is 2. The van der Waals surface area contributed by atoms with E-state index in [1.807, 2.05) is 27.7 Å². The van der Waals surface area contributed by atoms with E-state index in [-0.39, 0.29) is 23.6 Å². The van der Waals surface area contributed by atoms with Gasteiger partial charge in [-0.3, -0.25) is 0 Å². The summed E-state index contributed by atoms with van der Waals surface area (Å²) in [5.41, 5.74) is 4.97. The summed E-state index contributed by atoms with van der Waals surface area (Å²) in [6, 6.07) is 1.57. The molecule has 1 aromatic carbocycles. The molecule has 4 nitrogen and oxygen atoms in total. The Hall–Kier alpha value is -1.21. The standard InChI is InChI=1S/C13H20F2N2O2S/c1-8(13(2,3)4)7-17-20(18,19)12-10(14)5-9(16)6-11(12)15/h5-6,8,17H,7,16H2,1-4H3. The molecule has 7 heteroatoms. The Morgan fingerprint density at radius 2 is 1.70 bits per heavy atom. The van der Waals surface area contributed by atoms with Crippen molar-refractivity contribution in [3.8, 4) is 0 Å². The quantitative estimate of drug-likeness (QED) is 0.840. The van der Waals surface area contributed by atoms with Gasteiger partial charge in [-0.15, -0.1) is 0 Å². The number of hydrogen-bond acceptors (Lipinski definition) is 3. The van der Waals surface area contributed by atoms with Crippen molar-refractivity contribution in [3.63, 3.8) is 0 Å². The van der Waals surface area contributed by atoms with Gasteiger partial charge in [0, 0.05) is 12.2 Å². The van der Waals surface area contributed by atoms with Crippen LogP contribution in [0.15, 0.2) is 17.0 Å². The van der Waals surface area contributed by atoms with Crippen molar-refractivity contribution in [2.24, 2.45) is 11.3 Å². The van der Waals surface area contributed by atoms with Crippen LogP contribution in [0.4, 0.5) is 14.5 Å². The van der Waals surface area contributed by atoms with Crippen LogP contribution in [-0.2, 0) is 10.0 Å². The van der Waals surface area contributed by atoms with E-state index in [9.17, 15) is 17.2 Å². The van der Waals surface area contributed by atoms with Crippen molar-refractivity contribution in [1.29, 1.82) is 0 Å². The van der Waals surface area contributed by atoms with Crippen molar-refractivity contribution in [3.05, 3.63) is 23.8 Å². The van der Waals surface area contributed by atoms with E-state index in [4.69, 9.17) is 5.73 Å². The van der Waals surface area contributed by atoms with Gasteiger partial charge in [0.2, 0.25) is 10.0 Å². The lowest BCUT2D eigenvalue weighted by atomic mass is 9.82. The maximum Gasteiger partial charge on any atom is 0.246 e. The Balaban J connectivity index is 3.02. The molecule has 0 fully saturated rings. The molecule has 0 aliphatic rings. The molecular formula is C13H20F2N2O2S. The number of benzene rings is 1. The van der Waals surface area contributed by atoms with Gasteiger partial charge in [0.05, 0.1) is 0 Å². The van der Waals surface area contributed by atoms with Crippen LogP contribution in [-0.4, -0.2) is 15.0 Å². The third-order valence-electron chi connectivity index (χ3n) is 3.35. The summed E-state index contributed by atoms with van der Waals surface area (Å²) >= 11 is 0. The van der Waals surface area contributed by atoms with Crippen LogP contribution in [0.5, 0.6) is 0 Å². The lowest BCUT2D eigenvalue weighted by Gasteiger charge is -2.27. The van der Waals surface area contributed by atoms with Crippen LogP contribution in [0.1, 0.15) is 27.7 Å². The molecule has 0 aliphatic heterocycles. The molecule has 0 aliphatic carbocycles. The fraction of sp³-hybridized carbons (Fsp3) is 0.538. The first-order valence-corrected chi connectivity index (χ1v) is 7.67. The maximum atomic E-state index is 13.6. The molecule has 0 amide bonds. The lowest BCUT2D eigenvalue weighted by Crippen LogP contribution is -2.34. The highest BCUT2D eigenvalue weighted by Gasteiger charge is 2.27. The Kier molecular flexibility index (Phi) is 4.76. The summed E-state index contributed by atoms with van der Waals surface area (Å²) in [4.78, 5) is -0.993. The van der Waals surface area contributed by atoms with Gasteiger partial charge in [-0.05, 0) is 23.5 Å². The van der Waals surface area contributed by atoms with Crippen molar-refractivity contribution >= 4 is 15.7 Å². The molecule has 1 atom stereocenters. The van der Waals surface area contributed by atoms with E-state index >= 15 is 0 Å². The molecule has 1 rings (SSSR count). The van der Waals surface area contributed by atoms with Gasteiger partial charge in [0.1, 0.15) is 11.6 Å². The molecule has 1 aromatic rings. The molecule has 0 spiro atoms. The fourth-order valence-electron chi connectivity index (χ4n) is 1.45. The molecule has 114 valence electrons. The highest BCUT2D eigenvalue weighted by atomic mass is 32.2. The molecule has 0 heterocycles. The van der Waals surface area contributed by atoms with E-state index in [1.165, 1.54) is 0 Å². The van der Waals surface area contributed by atoms with Crippen LogP contribution in [0, 0.1) is 23.0 Å². The molecule has 3 N–H and O–H groups in total. The molecular weight excluding hydrogens is 286 g/mol. The zero-order chi connectivity index (χ0) is 15.7. The minimum Gasteiger partial charge on any atom is -0.399 e. The van der Waals surface area contributed by atoms with Gasteiger partial charge >= 0.3 is 0 Å². The Morgan fingerprint density at radius 1 is 1.25 bits per heavy atom. The third-order valence-corrected chi connectivity index (χ3v) is 4.82. The molecule has 0 radical (unpaired) electrons. The molecule has 0 aromatic heterocycles. The zero-order valence-electron chi connectivity index (χ0n) is 12.0. The normalized spacial score (nSPS) is 14.3. The minimum absolute atomic E-state index is 0.00261. The van der Waals surface area contributed by atoms with Crippen LogP contribution >= 0.6 is 0 Å². The van der Waals surface area contributed by atoms with E-state index in [0.717, 1.165) is 12.1 Å². The average molecular weight is 306 g/mol. The van der Waals surface area contributed by atoms with Gasteiger partial charge in [-0.25, -0.2) is 21.9 Å². The third kappa shape index (κ3) is 3.89. The summed E-state index contributed by atoms with van der Waals surface area (Å²) in [6.07, 6.45) is 0. The van der Waals surface area contributed by atoms with Crippen LogP contribution < -0.4 is 10.5 Å². The van der Waals surface area contributed by atoms with Crippen LogP contribution in [0.2, 0.25) is 0 Å². The van der Waals surface area contributed by atoms with Gasteiger partial charge in [-0.1, -0.05) is 27.7 Å². The summed E-state index contributed by atoms with van der Waals surface area (Å²) in [7, 11) is -4.25. The minimum atomic E-state index is -4.25. The van der Waals surface area contributed by atoms with E-state index < -0.39 is 26.6 Å². The maximum absolute atomic E-state index is 13.6. The fourth-order valence-corrected chi connectivity index (χ4v) is 2.69. The first-order valence-electron chi connectivity index (χ1n) is 6.19. The van der Waals surface area contributed by atoms with Crippen LogP contribution in [0.3, 0.4) is 0 Å². The molecule has 0 saturated carbocycles. The molecule has 1 unspecified atom stereocenters. The summed E-state index contributed by atoms with van der Waals surface area (Å²) in [5.74, 6) is -2.39. The number of nitrogens with two attached hydrogens (primary N) is 1. The summed E-state index contributed by atoms with van der Waals surface area (Å²) in [6.45, 7) is 7.82.